The van der Waals surface area contributed by atoms with Crippen LogP contribution in [-0.2, 0) is 6.42 Å². The molecule has 1 N–H and O–H groups in total. The van der Waals surface area contributed by atoms with Crippen molar-refractivity contribution in [2.24, 2.45) is 0 Å². The van der Waals surface area contributed by atoms with Crippen LogP contribution in [0, 0.1) is 41.5 Å². The van der Waals surface area contributed by atoms with E-state index in [1.54, 1.807) is 0 Å². The van der Waals surface area contributed by atoms with Crippen molar-refractivity contribution in [2.75, 3.05) is 5.32 Å². The zero-order valence-corrected chi connectivity index (χ0v) is 21.1. The molecule has 0 atom stereocenters. The highest BCUT2D eigenvalue weighted by Crippen LogP contribution is 2.28. The number of aryl methyl sites for hydroxylation is 6. The number of nitrogens with one attached hydrogen (secondary N) is 1. The summed E-state index contributed by atoms with van der Waals surface area (Å²) in [6.07, 6.45) is 0.744. The molecule has 0 spiro atoms. The van der Waals surface area contributed by atoms with Gasteiger partial charge in [-0.2, -0.15) is 9.78 Å². The van der Waals surface area contributed by atoms with Gasteiger partial charge in [-0.1, -0.05) is 42.0 Å². The van der Waals surface area contributed by atoms with Gasteiger partial charge in [0.2, 0.25) is 0 Å². The van der Waals surface area contributed by atoms with Crippen LogP contribution in [0.4, 0.5) is 11.6 Å². The van der Waals surface area contributed by atoms with Crippen LogP contribution < -0.4 is 5.32 Å². The normalized spacial score (nSPS) is 11.3. The third-order valence-electron chi connectivity index (χ3n) is 6.29. The van der Waals surface area contributed by atoms with E-state index in [4.69, 9.17) is 15.1 Å². The first-order valence-corrected chi connectivity index (χ1v) is 11.9. The first-order valence-electron chi connectivity index (χ1n) is 11.9. The Morgan fingerprint density at radius 1 is 0.800 bits per heavy atom. The number of aromatic nitrogens is 5. The van der Waals surface area contributed by atoms with E-state index < -0.39 is 0 Å². The topological polar surface area (TPSA) is 68.5 Å². The van der Waals surface area contributed by atoms with Crippen molar-refractivity contribution in [3.05, 3.63) is 99.6 Å². The summed E-state index contributed by atoms with van der Waals surface area (Å²) in [7, 11) is 0. The molecule has 0 saturated carbocycles. The third kappa shape index (κ3) is 4.52. The van der Waals surface area contributed by atoms with Gasteiger partial charge in [-0.3, -0.25) is 0 Å². The van der Waals surface area contributed by atoms with Gasteiger partial charge < -0.3 is 5.32 Å². The van der Waals surface area contributed by atoms with Gasteiger partial charge in [0.1, 0.15) is 17.5 Å². The molecule has 3 heterocycles. The highest BCUT2D eigenvalue weighted by Gasteiger charge is 2.17. The number of benzene rings is 2. The first kappa shape index (κ1) is 22.7. The summed E-state index contributed by atoms with van der Waals surface area (Å²) in [5, 5.41) is 9.52. The number of fused-ring (bicyclic) bond motifs is 1. The summed E-state index contributed by atoms with van der Waals surface area (Å²) in [5.74, 6) is 3.13. The Morgan fingerprint density at radius 2 is 1.57 bits per heavy atom. The highest BCUT2D eigenvalue weighted by atomic mass is 15.4. The van der Waals surface area contributed by atoms with Crippen LogP contribution >= 0.6 is 0 Å². The summed E-state index contributed by atoms with van der Waals surface area (Å²) in [6, 6.07) is 18.9. The van der Waals surface area contributed by atoms with E-state index in [0.29, 0.717) is 0 Å². The molecule has 0 radical (unpaired) electrons. The van der Waals surface area contributed by atoms with Crippen molar-refractivity contribution in [1.29, 1.82) is 0 Å². The van der Waals surface area contributed by atoms with Gasteiger partial charge in [0.15, 0.2) is 5.82 Å². The SMILES string of the molecule is Cc1cc(C)c2nc(-n3nc(C)cc3Nc3nc(C)nc(C)c3Cc3ccccc3)cc(C)c2c1. The van der Waals surface area contributed by atoms with Crippen molar-refractivity contribution < 1.29 is 0 Å². The summed E-state index contributed by atoms with van der Waals surface area (Å²) < 4.78 is 1.88. The van der Waals surface area contributed by atoms with Gasteiger partial charge in [0.25, 0.3) is 0 Å². The van der Waals surface area contributed by atoms with E-state index in [1.807, 2.05) is 37.6 Å². The fraction of sp³-hybridized carbons (Fsp3) is 0.241. The van der Waals surface area contributed by atoms with Crippen molar-refractivity contribution in [1.82, 2.24) is 24.7 Å². The van der Waals surface area contributed by atoms with Gasteiger partial charge in [-0.05, 0) is 70.4 Å². The molecular formula is C29H30N6. The van der Waals surface area contributed by atoms with Crippen LogP contribution in [0.1, 0.15) is 45.0 Å². The Hall–Kier alpha value is -4.06. The van der Waals surface area contributed by atoms with Crippen molar-refractivity contribution in [3.8, 4) is 5.82 Å². The van der Waals surface area contributed by atoms with Gasteiger partial charge >= 0.3 is 0 Å². The van der Waals surface area contributed by atoms with E-state index >= 15 is 0 Å². The van der Waals surface area contributed by atoms with Crippen molar-refractivity contribution in [2.45, 2.75) is 48.0 Å². The lowest BCUT2D eigenvalue weighted by atomic mass is 10.0. The van der Waals surface area contributed by atoms with Gasteiger partial charge in [0.05, 0.1) is 11.2 Å². The smallest absolute Gasteiger partial charge is 0.156 e. The molecule has 5 rings (SSSR count). The second-order valence-corrected chi connectivity index (χ2v) is 9.33. The van der Waals surface area contributed by atoms with Crippen LogP contribution in [0.5, 0.6) is 0 Å². The quantitative estimate of drug-likeness (QED) is 0.327. The van der Waals surface area contributed by atoms with Gasteiger partial charge in [0, 0.05) is 29.1 Å². The lowest BCUT2D eigenvalue weighted by Gasteiger charge is -2.16. The van der Waals surface area contributed by atoms with E-state index in [1.165, 1.54) is 22.1 Å². The average Bonchev–Trinajstić information content (AvgIpc) is 3.17. The first-order chi connectivity index (χ1) is 16.8. The molecule has 0 aliphatic heterocycles. The minimum atomic E-state index is 0.732. The molecule has 35 heavy (non-hydrogen) atoms. The Balaban J connectivity index is 1.60. The Bertz CT molecular complexity index is 1550. The molecule has 6 heteroatoms. The Kier molecular flexibility index (Phi) is 5.81. The number of pyridine rings is 1. The lowest BCUT2D eigenvalue weighted by molar-refractivity contribution is 0.840. The van der Waals surface area contributed by atoms with E-state index in [0.717, 1.165) is 57.7 Å². The second-order valence-electron chi connectivity index (χ2n) is 9.33. The molecule has 176 valence electrons. The molecule has 0 bridgehead atoms. The number of hydrogen-bond acceptors (Lipinski definition) is 5. The van der Waals surface area contributed by atoms with Crippen LogP contribution in [-0.4, -0.2) is 24.7 Å². The Labute approximate surface area is 206 Å². The summed E-state index contributed by atoms with van der Waals surface area (Å²) in [4.78, 5) is 14.4. The number of hydrogen-bond donors (Lipinski definition) is 1. The van der Waals surface area contributed by atoms with Crippen molar-refractivity contribution >= 4 is 22.5 Å². The summed E-state index contributed by atoms with van der Waals surface area (Å²) >= 11 is 0. The Morgan fingerprint density at radius 3 is 2.34 bits per heavy atom. The third-order valence-corrected chi connectivity index (χ3v) is 6.29. The minimum Gasteiger partial charge on any atom is -0.324 e. The molecule has 0 amide bonds. The number of anilines is 2. The molecule has 6 nitrogen and oxygen atoms in total. The predicted molar refractivity (Wildman–Crippen MR) is 142 cm³/mol. The molecule has 0 saturated heterocycles. The standard InChI is InChI=1S/C29H30N6/c1-17-12-19(3)28-24(13-17)18(2)14-26(32-28)35-27(15-20(4)34-35)33-29-25(21(5)30-22(6)31-29)16-23-10-8-7-9-11-23/h7-15H,16H2,1-6H3,(H,30,31,33). The molecule has 0 fully saturated rings. The zero-order valence-electron chi connectivity index (χ0n) is 21.1. The fourth-order valence-corrected chi connectivity index (χ4v) is 4.67. The van der Waals surface area contributed by atoms with Crippen LogP contribution in [0.15, 0.2) is 54.6 Å². The van der Waals surface area contributed by atoms with Gasteiger partial charge in [-0.15, -0.1) is 0 Å². The highest BCUT2D eigenvalue weighted by molar-refractivity contribution is 5.86. The van der Waals surface area contributed by atoms with Crippen molar-refractivity contribution in [3.63, 3.8) is 0 Å². The molecular weight excluding hydrogens is 432 g/mol. The zero-order chi connectivity index (χ0) is 24.7. The second kappa shape index (κ2) is 8.95. The monoisotopic (exact) mass is 462 g/mol. The predicted octanol–water partition coefficient (Wildman–Crippen LogP) is 6.40. The summed E-state index contributed by atoms with van der Waals surface area (Å²) in [5.41, 5.74) is 8.74. The minimum absolute atomic E-state index is 0.732. The average molecular weight is 463 g/mol. The van der Waals surface area contributed by atoms with E-state index in [-0.39, 0.29) is 0 Å². The van der Waals surface area contributed by atoms with Gasteiger partial charge in [-0.25, -0.2) is 15.0 Å². The number of rotatable bonds is 5. The molecule has 5 aromatic rings. The van der Waals surface area contributed by atoms with E-state index in [9.17, 15) is 0 Å². The molecule has 0 aliphatic rings. The number of nitrogens with zero attached hydrogens (tertiary/aromatic N) is 5. The van der Waals surface area contributed by atoms with Crippen LogP contribution in [0.2, 0.25) is 0 Å². The lowest BCUT2D eigenvalue weighted by Crippen LogP contribution is -2.10. The maximum Gasteiger partial charge on any atom is 0.156 e. The molecule has 3 aromatic heterocycles. The summed E-state index contributed by atoms with van der Waals surface area (Å²) in [6.45, 7) is 12.3. The van der Waals surface area contributed by atoms with Crippen LogP contribution in [0.25, 0.3) is 16.7 Å². The molecule has 0 aliphatic carbocycles. The maximum absolute atomic E-state index is 5.02. The molecule has 2 aromatic carbocycles. The fourth-order valence-electron chi connectivity index (χ4n) is 4.67. The van der Waals surface area contributed by atoms with E-state index in [2.05, 4.69) is 73.5 Å². The molecule has 0 unspecified atom stereocenters. The van der Waals surface area contributed by atoms with Crippen LogP contribution in [0.3, 0.4) is 0 Å². The maximum atomic E-state index is 5.02. The largest absolute Gasteiger partial charge is 0.324 e.